The molecule has 4 nitrogen and oxygen atoms in total. The third-order valence-corrected chi connectivity index (χ3v) is 6.64. The topological polar surface area (TPSA) is 49.4 Å². The van der Waals surface area contributed by atoms with Crippen LogP contribution in [0, 0.1) is 17.7 Å². The van der Waals surface area contributed by atoms with E-state index in [0.717, 1.165) is 24.8 Å². The maximum atomic E-state index is 13.6. The van der Waals surface area contributed by atoms with E-state index in [1.807, 2.05) is 30.3 Å². The van der Waals surface area contributed by atoms with Gasteiger partial charge in [0.15, 0.2) is 0 Å². The first-order chi connectivity index (χ1) is 14.9. The van der Waals surface area contributed by atoms with Crippen molar-refractivity contribution >= 4 is 23.4 Å². The monoisotopic (exact) mass is 444 g/mol. The smallest absolute Gasteiger partial charge is 0.247 e. The normalized spacial score (nSPS) is 21.9. The number of carbonyl (C=O) groups is 2. The molecule has 0 saturated heterocycles. The Kier molecular flexibility index (Phi) is 8.08. The lowest BCUT2D eigenvalue weighted by molar-refractivity contribution is -0.140. The van der Waals surface area contributed by atoms with Crippen LogP contribution in [-0.2, 0) is 16.1 Å². The number of hydrogen-bond donors (Lipinski definition) is 1. The maximum Gasteiger partial charge on any atom is 0.247 e. The van der Waals surface area contributed by atoms with Crippen molar-refractivity contribution < 1.29 is 14.0 Å². The van der Waals surface area contributed by atoms with Crippen LogP contribution in [0.15, 0.2) is 54.6 Å². The molecule has 1 aliphatic rings. The standard InChI is InChI=1S/C25H30ClFN2O2/c1-17-7-6-10-22(18(17)2)28-25(31)24(20-11-13-21(27)14-12-20)29(23(30)15-26)16-19-8-4-3-5-9-19/h3-5,8-9,11-14,17-18,22,24H,6-7,10,15-16H2,1-2H3,(H,28,31)/t17-,18-,22+,24-/m1/s1. The van der Waals surface area contributed by atoms with Crippen molar-refractivity contribution in [1.82, 2.24) is 10.2 Å². The Hall–Kier alpha value is -2.40. The van der Waals surface area contributed by atoms with Gasteiger partial charge in [0.2, 0.25) is 11.8 Å². The van der Waals surface area contributed by atoms with Crippen LogP contribution < -0.4 is 5.32 Å². The minimum atomic E-state index is -0.892. The number of alkyl halides is 1. The summed E-state index contributed by atoms with van der Waals surface area (Å²) in [6.07, 6.45) is 3.13. The molecule has 1 saturated carbocycles. The number of halogens is 2. The van der Waals surface area contributed by atoms with E-state index in [-0.39, 0.29) is 30.3 Å². The average Bonchev–Trinajstić information content (AvgIpc) is 2.78. The van der Waals surface area contributed by atoms with Gasteiger partial charge in [-0.1, -0.05) is 69.2 Å². The molecular weight excluding hydrogens is 415 g/mol. The molecule has 0 spiro atoms. The Bertz CT molecular complexity index is 875. The van der Waals surface area contributed by atoms with Crippen LogP contribution in [0.5, 0.6) is 0 Å². The minimum Gasteiger partial charge on any atom is -0.351 e. The lowest BCUT2D eigenvalue weighted by Crippen LogP contribution is -2.50. The second-order valence-electron chi connectivity index (χ2n) is 8.48. The molecule has 0 unspecified atom stereocenters. The molecule has 0 aromatic heterocycles. The molecule has 1 aliphatic carbocycles. The Morgan fingerprint density at radius 1 is 1.10 bits per heavy atom. The van der Waals surface area contributed by atoms with Gasteiger partial charge in [-0.05, 0) is 41.5 Å². The third kappa shape index (κ3) is 5.85. The van der Waals surface area contributed by atoms with Crippen molar-refractivity contribution in [2.75, 3.05) is 5.88 Å². The number of nitrogens with zero attached hydrogens (tertiary/aromatic N) is 1. The highest BCUT2D eigenvalue weighted by atomic mass is 35.5. The number of carbonyl (C=O) groups excluding carboxylic acids is 2. The van der Waals surface area contributed by atoms with Gasteiger partial charge in [-0.2, -0.15) is 0 Å². The van der Waals surface area contributed by atoms with Gasteiger partial charge in [0, 0.05) is 12.6 Å². The fourth-order valence-corrected chi connectivity index (χ4v) is 4.50. The SMILES string of the molecule is C[C@@H]1[C@H](C)CCC[C@@H]1NC(=O)[C@@H](c1ccc(F)cc1)N(Cc1ccccc1)C(=O)CCl. The maximum absolute atomic E-state index is 13.6. The molecule has 0 heterocycles. The molecule has 1 N–H and O–H groups in total. The van der Waals surface area contributed by atoms with Gasteiger partial charge in [0.1, 0.15) is 17.7 Å². The van der Waals surface area contributed by atoms with Crippen molar-refractivity contribution in [3.63, 3.8) is 0 Å². The van der Waals surface area contributed by atoms with Crippen molar-refractivity contribution in [3.8, 4) is 0 Å². The predicted molar refractivity (Wildman–Crippen MR) is 121 cm³/mol. The quantitative estimate of drug-likeness (QED) is 0.606. The summed E-state index contributed by atoms with van der Waals surface area (Å²) in [5, 5.41) is 3.19. The summed E-state index contributed by atoms with van der Waals surface area (Å²) in [5.74, 6) is -0.372. The van der Waals surface area contributed by atoms with E-state index in [9.17, 15) is 14.0 Å². The second-order valence-corrected chi connectivity index (χ2v) is 8.74. The molecule has 1 fully saturated rings. The lowest BCUT2D eigenvalue weighted by Gasteiger charge is -2.37. The second kappa shape index (κ2) is 10.8. The molecule has 0 aliphatic heterocycles. The van der Waals surface area contributed by atoms with Gasteiger partial charge in [-0.3, -0.25) is 9.59 Å². The van der Waals surface area contributed by atoms with Crippen molar-refractivity contribution in [2.24, 2.45) is 11.8 Å². The van der Waals surface area contributed by atoms with Gasteiger partial charge in [0.25, 0.3) is 0 Å². The molecule has 6 heteroatoms. The summed E-state index contributed by atoms with van der Waals surface area (Å²) in [7, 11) is 0. The molecule has 4 atom stereocenters. The van der Waals surface area contributed by atoms with Gasteiger partial charge in [0.05, 0.1) is 0 Å². The van der Waals surface area contributed by atoms with Crippen LogP contribution in [0.4, 0.5) is 4.39 Å². The Morgan fingerprint density at radius 2 is 1.77 bits per heavy atom. The molecule has 3 rings (SSSR count). The first-order valence-electron chi connectivity index (χ1n) is 10.9. The molecular formula is C25H30ClFN2O2. The zero-order valence-corrected chi connectivity index (χ0v) is 18.8. The Morgan fingerprint density at radius 3 is 2.42 bits per heavy atom. The number of nitrogens with one attached hydrogen (secondary N) is 1. The van der Waals surface area contributed by atoms with E-state index in [1.165, 1.54) is 17.0 Å². The van der Waals surface area contributed by atoms with E-state index in [4.69, 9.17) is 11.6 Å². The summed E-state index contributed by atoms with van der Waals surface area (Å²) < 4.78 is 13.6. The van der Waals surface area contributed by atoms with Crippen LogP contribution in [-0.4, -0.2) is 28.6 Å². The van der Waals surface area contributed by atoms with Crippen molar-refractivity contribution in [2.45, 2.75) is 51.7 Å². The molecule has 2 amide bonds. The van der Waals surface area contributed by atoms with Crippen molar-refractivity contribution in [1.29, 1.82) is 0 Å². The molecule has 0 radical (unpaired) electrons. The van der Waals surface area contributed by atoms with E-state index >= 15 is 0 Å². The molecule has 31 heavy (non-hydrogen) atoms. The highest BCUT2D eigenvalue weighted by molar-refractivity contribution is 6.27. The first kappa shape index (κ1) is 23.3. The number of rotatable bonds is 7. The minimum absolute atomic E-state index is 0.0453. The predicted octanol–water partition coefficient (Wildman–Crippen LogP) is 5.08. The summed E-state index contributed by atoms with van der Waals surface area (Å²) in [6, 6.07) is 14.4. The largest absolute Gasteiger partial charge is 0.351 e. The summed E-state index contributed by atoms with van der Waals surface area (Å²) in [4.78, 5) is 27.9. The number of hydrogen-bond acceptors (Lipinski definition) is 2. The van der Waals surface area contributed by atoms with E-state index in [2.05, 4.69) is 19.2 Å². The Balaban J connectivity index is 1.94. The fourth-order valence-electron chi connectivity index (χ4n) is 4.35. The first-order valence-corrected chi connectivity index (χ1v) is 11.4. The van der Waals surface area contributed by atoms with Crippen LogP contribution in [0.3, 0.4) is 0 Å². The summed E-state index contributed by atoms with van der Waals surface area (Å²) in [6.45, 7) is 4.60. The van der Waals surface area contributed by atoms with Crippen LogP contribution >= 0.6 is 11.6 Å². The van der Waals surface area contributed by atoms with Crippen molar-refractivity contribution in [3.05, 3.63) is 71.5 Å². The zero-order valence-electron chi connectivity index (χ0n) is 18.1. The molecule has 166 valence electrons. The summed E-state index contributed by atoms with van der Waals surface area (Å²) in [5.41, 5.74) is 1.45. The van der Waals surface area contributed by atoms with Gasteiger partial charge in [-0.25, -0.2) is 4.39 Å². The van der Waals surface area contributed by atoms with Gasteiger partial charge >= 0.3 is 0 Å². The molecule has 0 bridgehead atoms. The Labute approximate surface area is 188 Å². The number of amides is 2. The third-order valence-electron chi connectivity index (χ3n) is 6.41. The highest BCUT2D eigenvalue weighted by Gasteiger charge is 2.35. The highest BCUT2D eigenvalue weighted by Crippen LogP contribution is 2.31. The van der Waals surface area contributed by atoms with E-state index in [1.54, 1.807) is 12.1 Å². The van der Waals surface area contributed by atoms with Crippen LogP contribution in [0.2, 0.25) is 0 Å². The van der Waals surface area contributed by atoms with Gasteiger partial charge < -0.3 is 10.2 Å². The van der Waals surface area contributed by atoms with Crippen LogP contribution in [0.1, 0.15) is 50.3 Å². The fraction of sp³-hybridized carbons (Fsp3) is 0.440. The lowest BCUT2D eigenvalue weighted by atomic mass is 9.78. The molecule has 2 aromatic carbocycles. The average molecular weight is 445 g/mol. The summed E-state index contributed by atoms with van der Waals surface area (Å²) >= 11 is 5.93. The van der Waals surface area contributed by atoms with E-state index < -0.39 is 11.9 Å². The van der Waals surface area contributed by atoms with Crippen LogP contribution in [0.25, 0.3) is 0 Å². The zero-order chi connectivity index (χ0) is 22.4. The number of benzene rings is 2. The van der Waals surface area contributed by atoms with Gasteiger partial charge in [-0.15, -0.1) is 11.6 Å². The van der Waals surface area contributed by atoms with E-state index in [0.29, 0.717) is 17.4 Å². The molecule has 2 aromatic rings.